The van der Waals surface area contributed by atoms with E-state index in [1.807, 2.05) is 12.1 Å². The molecule has 0 radical (unpaired) electrons. The van der Waals surface area contributed by atoms with E-state index in [9.17, 15) is 9.59 Å². The lowest BCUT2D eigenvalue weighted by Crippen LogP contribution is -2.51. The first-order chi connectivity index (χ1) is 12.6. The van der Waals surface area contributed by atoms with Crippen molar-refractivity contribution >= 4 is 17.5 Å². The van der Waals surface area contributed by atoms with Gasteiger partial charge in [0.25, 0.3) is 5.91 Å². The highest BCUT2D eigenvalue weighted by Gasteiger charge is 2.25. The van der Waals surface area contributed by atoms with E-state index >= 15 is 0 Å². The smallest absolute Gasteiger partial charge is 0.251 e. The molecule has 3 rings (SSSR count). The standard InChI is InChI=1S/C20H29N3O3/c1-15(2)18(22-10-12-26-13-11-22)14-21-20(25)16-5-7-17(8-6-16)23-9-3-4-19(23)24/h5-8,15,18H,3-4,9-14H2,1-2H3,(H,21,25)/t18-/m0/s1. The molecule has 2 aliphatic heterocycles. The summed E-state index contributed by atoms with van der Waals surface area (Å²) in [4.78, 5) is 28.5. The highest BCUT2D eigenvalue weighted by atomic mass is 16.5. The van der Waals surface area contributed by atoms with Crippen LogP contribution in [0.2, 0.25) is 0 Å². The van der Waals surface area contributed by atoms with Crippen LogP contribution < -0.4 is 10.2 Å². The van der Waals surface area contributed by atoms with Crippen molar-refractivity contribution in [2.75, 3.05) is 44.3 Å². The topological polar surface area (TPSA) is 61.9 Å². The van der Waals surface area contributed by atoms with Crippen LogP contribution in [0.25, 0.3) is 0 Å². The average molecular weight is 359 g/mol. The number of amides is 2. The van der Waals surface area contributed by atoms with Gasteiger partial charge >= 0.3 is 0 Å². The van der Waals surface area contributed by atoms with Crippen LogP contribution in [0.5, 0.6) is 0 Å². The Bertz CT molecular complexity index is 624. The predicted molar refractivity (Wildman–Crippen MR) is 101 cm³/mol. The molecule has 0 unspecified atom stereocenters. The predicted octanol–water partition coefficient (Wildman–Crippen LogP) is 1.90. The SMILES string of the molecule is CC(C)[C@H](CNC(=O)c1ccc(N2CCCC2=O)cc1)N1CCOCC1. The molecule has 6 nitrogen and oxygen atoms in total. The molecule has 2 saturated heterocycles. The van der Waals surface area contributed by atoms with Gasteiger partial charge in [-0.05, 0) is 36.6 Å². The monoisotopic (exact) mass is 359 g/mol. The maximum Gasteiger partial charge on any atom is 0.251 e. The van der Waals surface area contributed by atoms with Gasteiger partial charge in [0.15, 0.2) is 0 Å². The van der Waals surface area contributed by atoms with Crippen LogP contribution in [-0.4, -0.2) is 62.1 Å². The van der Waals surface area contributed by atoms with Crippen molar-refractivity contribution in [2.24, 2.45) is 5.92 Å². The number of morpholine rings is 1. The van der Waals surface area contributed by atoms with Crippen molar-refractivity contribution in [2.45, 2.75) is 32.7 Å². The van der Waals surface area contributed by atoms with Crippen LogP contribution in [0.1, 0.15) is 37.0 Å². The lowest BCUT2D eigenvalue weighted by atomic mass is 10.0. The molecule has 1 N–H and O–H groups in total. The Balaban J connectivity index is 1.57. The van der Waals surface area contributed by atoms with Gasteiger partial charge in [0.1, 0.15) is 0 Å². The van der Waals surface area contributed by atoms with Gasteiger partial charge in [-0.2, -0.15) is 0 Å². The number of nitrogens with zero attached hydrogens (tertiary/aromatic N) is 2. The molecule has 1 aromatic rings. The zero-order valence-corrected chi connectivity index (χ0v) is 15.7. The fraction of sp³-hybridized carbons (Fsp3) is 0.600. The Morgan fingerprint density at radius 2 is 1.85 bits per heavy atom. The summed E-state index contributed by atoms with van der Waals surface area (Å²) >= 11 is 0. The summed E-state index contributed by atoms with van der Waals surface area (Å²) in [6.45, 7) is 9.11. The molecule has 0 aliphatic carbocycles. The Kier molecular flexibility index (Phi) is 6.27. The number of benzene rings is 1. The van der Waals surface area contributed by atoms with E-state index in [2.05, 4.69) is 24.1 Å². The van der Waals surface area contributed by atoms with E-state index < -0.39 is 0 Å². The van der Waals surface area contributed by atoms with Gasteiger partial charge < -0.3 is 15.0 Å². The Hall–Kier alpha value is -1.92. The minimum atomic E-state index is -0.0665. The molecule has 2 heterocycles. The number of carbonyl (C=O) groups excluding carboxylic acids is 2. The molecule has 0 spiro atoms. The molecule has 26 heavy (non-hydrogen) atoms. The fourth-order valence-electron chi connectivity index (χ4n) is 3.71. The van der Waals surface area contributed by atoms with Crippen molar-refractivity contribution in [3.63, 3.8) is 0 Å². The quantitative estimate of drug-likeness (QED) is 0.843. The highest BCUT2D eigenvalue weighted by Crippen LogP contribution is 2.21. The summed E-state index contributed by atoms with van der Waals surface area (Å²) in [6.07, 6.45) is 1.51. The van der Waals surface area contributed by atoms with Gasteiger partial charge in [0.2, 0.25) is 5.91 Å². The van der Waals surface area contributed by atoms with E-state index in [0.717, 1.165) is 45.0 Å². The molecule has 1 aromatic carbocycles. The Morgan fingerprint density at radius 1 is 1.15 bits per heavy atom. The van der Waals surface area contributed by atoms with Gasteiger partial charge in [0.05, 0.1) is 13.2 Å². The summed E-state index contributed by atoms with van der Waals surface area (Å²) in [7, 11) is 0. The molecule has 2 fully saturated rings. The molecule has 0 aromatic heterocycles. The molecule has 142 valence electrons. The summed E-state index contributed by atoms with van der Waals surface area (Å²) in [6, 6.07) is 7.63. The summed E-state index contributed by atoms with van der Waals surface area (Å²) in [5.74, 6) is 0.549. The third-order valence-electron chi connectivity index (χ3n) is 5.27. The Labute approximate surface area is 155 Å². The third-order valence-corrected chi connectivity index (χ3v) is 5.27. The van der Waals surface area contributed by atoms with Crippen LogP contribution in [0, 0.1) is 5.92 Å². The number of anilines is 1. The number of hydrogen-bond acceptors (Lipinski definition) is 4. The largest absolute Gasteiger partial charge is 0.379 e. The molecule has 2 aliphatic rings. The summed E-state index contributed by atoms with van der Waals surface area (Å²) in [5, 5.41) is 3.07. The van der Waals surface area contributed by atoms with Crippen LogP contribution in [0.3, 0.4) is 0 Å². The van der Waals surface area contributed by atoms with Crippen LogP contribution in [-0.2, 0) is 9.53 Å². The maximum absolute atomic E-state index is 12.5. The molecule has 0 bridgehead atoms. The van der Waals surface area contributed by atoms with Crippen molar-refractivity contribution in [1.29, 1.82) is 0 Å². The zero-order chi connectivity index (χ0) is 18.5. The van der Waals surface area contributed by atoms with Crippen LogP contribution >= 0.6 is 0 Å². The first-order valence-electron chi connectivity index (χ1n) is 9.56. The zero-order valence-electron chi connectivity index (χ0n) is 15.7. The number of hydrogen-bond donors (Lipinski definition) is 1. The van der Waals surface area contributed by atoms with Crippen LogP contribution in [0.15, 0.2) is 24.3 Å². The number of carbonyl (C=O) groups is 2. The second-order valence-electron chi connectivity index (χ2n) is 7.37. The van der Waals surface area contributed by atoms with E-state index in [-0.39, 0.29) is 11.8 Å². The van der Waals surface area contributed by atoms with E-state index in [4.69, 9.17) is 4.74 Å². The fourth-order valence-corrected chi connectivity index (χ4v) is 3.71. The molecular weight excluding hydrogens is 330 g/mol. The molecule has 2 amide bonds. The molecule has 0 saturated carbocycles. The molecular formula is C20H29N3O3. The summed E-state index contributed by atoms with van der Waals surface area (Å²) < 4.78 is 5.43. The summed E-state index contributed by atoms with van der Waals surface area (Å²) in [5.41, 5.74) is 1.50. The number of ether oxygens (including phenoxy) is 1. The van der Waals surface area contributed by atoms with Crippen molar-refractivity contribution in [1.82, 2.24) is 10.2 Å². The van der Waals surface area contributed by atoms with Crippen molar-refractivity contribution in [3.8, 4) is 0 Å². The van der Waals surface area contributed by atoms with Gasteiger partial charge in [-0.25, -0.2) is 0 Å². The van der Waals surface area contributed by atoms with Crippen molar-refractivity contribution in [3.05, 3.63) is 29.8 Å². The lowest BCUT2D eigenvalue weighted by Gasteiger charge is -2.36. The van der Waals surface area contributed by atoms with E-state index in [0.29, 0.717) is 30.5 Å². The van der Waals surface area contributed by atoms with Gasteiger partial charge in [-0.1, -0.05) is 13.8 Å². The van der Waals surface area contributed by atoms with Crippen molar-refractivity contribution < 1.29 is 14.3 Å². The first-order valence-corrected chi connectivity index (χ1v) is 9.56. The van der Waals surface area contributed by atoms with E-state index in [1.165, 1.54) is 0 Å². The minimum absolute atomic E-state index is 0.0665. The third kappa shape index (κ3) is 4.43. The molecule has 6 heteroatoms. The average Bonchev–Trinajstić information content (AvgIpc) is 3.08. The Morgan fingerprint density at radius 3 is 2.42 bits per heavy atom. The van der Waals surface area contributed by atoms with Gasteiger partial charge in [-0.3, -0.25) is 14.5 Å². The number of nitrogens with one attached hydrogen (secondary N) is 1. The maximum atomic E-state index is 12.5. The normalized spacial score (nSPS) is 19.8. The lowest BCUT2D eigenvalue weighted by molar-refractivity contribution is -0.117. The highest BCUT2D eigenvalue weighted by molar-refractivity contribution is 5.97. The second-order valence-corrected chi connectivity index (χ2v) is 7.37. The van der Waals surface area contributed by atoms with Gasteiger partial charge in [0, 0.05) is 49.9 Å². The van der Waals surface area contributed by atoms with E-state index in [1.54, 1.807) is 17.0 Å². The van der Waals surface area contributed by atoms with Crippen LogP contribution in [0.4, 0.5) is 5.69 Å². The van der Waals surface area contributed by atoms with Gasteiger partial charge in [-0.15, -0.1) is 0 Å². The molecule has 1 atom stereocenters. The minimum Gasteiger partial charge on any atom is -0.379 e. The number of rotatable bonds is 6. The first kappa shape index (κ1) is 18.9. The second kappa shape index (κ2) is 8.64.